The van der Waals surface area contributed by atoms with E-state index in [0.29, 0.717) is 6.07 Å². The van der Waals surface area contributed by atoms with Gasteiger partial charge in [0, 0.05) is 19.3 Å². The maximum atomic E-state index is 13.0. The summed E-state index contributed by atoms with van der Waals surface area (Å²) in [6, 6.07) is 5.05. The fraction of sp³-hybridized carbons (Fsp3) is 0.200. The van der Waals surface area contributed by atoms with Crippen molar-refractivity contribution >= 4 is 21.4 Å². The number of hydrogen-bond acceptors (Lipinski definition) is 5. The van der Waals surface area contributed by atoms with E-state index in [1.165, 1.54) is 12.1 Å². The number of pyridine rings is 1. The van der Waals surface area contributed by atoms with Gasteiger partial charge in [-0.25, -0.2) is 13.4 Å². The number of carbonyl (C=O) groups is 1. The molecule has 1 amide bonds. The molecular weight excluding hydrogens is 359 g/mol. The largest absolute Gasteiger partial charge is 0.416 e. The third kappa shape index (κ3) is 3.16. The molecule has 0 aliphatic carbocycles. The first-order valence-corrected chi connectivity index (χ1v) is 8.63. The Morgan fingerprint density at radius 2 is 1.80 bits per heavy atom. The Balaban J connectivity index is 2.30. The molecule has 1 aromatic carbocycles. The highest BCUT2D eigenvalue weighted by Gasteiger charge is 2.35. The Kier molecular flexibility index (Phi) is 4.15. The second kappa shape index (κ2) is 6.03. The zero-order chi connectivity index (χ0) is 18.2. The van der Waals surface area contributed by atoms with Crippen LogP contribution in [-0.4, -0.2) is 32.4 Å². The number of halogens is 3. The number of fused-ring (bicyclic) bond motifs is 2. The van der Waals surface area contributed by atoms with Gasteiger partial charge in [-0.05, 0) is 30.3 Å². The van der Waals surface area contributed by atoms with Crippen molar-refractivity contribution in [2.45, 2.75) is 16.1 Å². The van der Waals surface area contributed by atoms with E-state index in [0.717, 1.165) is 18.3 Å². The summed E-state index contributed by atoms with van der Waals surface area (Å²) in [6.45, 7) is 0.308. The number of rotatable bonds is 0. The van der Waals surface area contributed by atoms with E-state index < -0.39 is 37.4 Å². The molecule has 6 nitrogen and oxygen atoms in total. The van der Waals surface area contributed by atoms with Crippen LogP contribution < -0.4 is 10.6 Å². The van der Waals surface area contributed by atoms with Crippen molar-refractivity contribution < 1.29 is 26.4 Å². The van der Waals surface area contributed by atoms with E-state index in [1.807, 2.05) is 0 Å². The van der Waals surface area contributed by atoms with Gasteiger partial charge in [0.15, 0.2) is 5.03 Å². The fourth-order valence-corrected chi connectivity index (χ4v) is 3.99. The molecule has 0 spiro atoms. The van der Waals surface area contributed by atoms with Crippen LogP contribution in [0.3, 0.4) is 0 Å². The molecular formula is C15H12F3N3O3S. The van der Waals surface area contributed by atoms with Crippen molar-refractivity contribution in [2.75, 3.05) is 18.4 Å². The molecule has 0 bridgehead atoms. The number of carbonyl (C=O) groups excluding carboxylic acids is 1. The van der Waals surface area contributed by atoms with Gasteiger partial charge in [0.1, 0.15) is 0 Å². The Morgan fingerprint density at radius 3 is 2.52 bits per heavy atom. The van der Waals surface area contributed by atoms with Crippen molar-refractivity contribution in [1.29, 1.82) is 0 Å². The summed E-state index contributed by atoms with van der Waals surface area (Å²) in [4.78, 5) is 15.3. The summed E-state index contributed by atoms with van der Waals surface area (Å²) < 4.78 is 64.8. The number of nitrogens with zero attached hydrogens (tertiary/aromatic N) is 1. The van der Waals surface area contributed by atoms with Crippen LogP contribution in [0.5, 0.6) is 0 Å². The molecule has 0 atom stereocenters. The van der Waals surface area contributed by atoms with Crippen LogP contribution in [0.1, 0.15) is 15.9 Å². The molecule has 1 aliphatic rings. The van der Waals surface area contributed by atoms with Crippen LogP contribution in [0.15, 0.2) is 46.5 Å². The van der Waals surface area contributed by atoms with Crippen LogP contribution in [0.4, 0.5) is 18.9 Å². The van der Waals surface area contributed by atoms with Crippen LogP contribution in [0.2, 0.25) is 0 Å². The zero-order valence-electron chi connectivity index (χ0n) is 12.6. The van der Waals surface area contributed by atoms with Crippen molar-refractivity contribution in [1.82, 2.24) is 10.3 Å². The van der Waals surface area contributed by atoms with Crippen LogP contribution in [-0.2, 0) is 16.0 Å². The summed E-state index contributed by atoms with van der Waals surface area (Å²) in [5, 5.41) is 4.67. The number of amides is 1. The molecule has 132 valence electrons. The summed E-state index contributed by atoms with van der Waals surface area (Å²) in [7, 11) is -4.45. The maximum absolute atomic E-state index is 13.0. The minimum Gasteiger partial charge on any atom is -0.382 e. The lowest BCUT2D eigenvalue weighted by Crippen LogP contribution is -2.31. The Hall–Kier alpha value is -2.62. The highest BCUT2D eigenvalue weighted by molar-refractivity contribution is 7.91. The quantitative estimate of drug-likeness (QED) is 0.740. The normalized spacial score (nSPS) is 16.8. The number of aromatic nitrogens is 1. The molecule has 2 N–H and O–H groups in total. The smallest absolute Gasteiger partial charge is 0.382 e. The standard InChI is InChI=1S/C15H12F3N3O3S/c16-15(17,18)9-3-4-11-12(8-9)25(23,24)14-10(2-1-5-21-14)13(22)20-7-6-19-11/h1-5,8,19H,6-7H2,(H,20,22). The Bertz CT molecular complexity index is 943. The first kappa shape index (κ1) is 17.2. The predicted octanol–water partition coefficient (Wildman–Crippen LogP) is 2.09. The molecule has 2 heterocycles. The van der Waals surface area contributed by atoms with E-state index in [2.05, 4.69) is 15.6 Å². The van der Waals surface area contributed by atoms with Crippen LogP contribution in [0, 0.1) is 0 Å². The zero-order valence-corrected chi connectivity index (χ0v) is 13.4. The topological polar surface area (TPSA) is 88.2 Å². The van der Waals surface area contributed by atoms with Gasteiger partial charge in [-0.15, -0.1) is 0 Å². The Morgan fingerprint density at radius 1 is 1.08 bits per heavy atom. The van der Waals surface area contributed by atoms with E-state index in [4.69, 9.17) is 0 Å². The summed E-state index contributed by atoms with van der Waals surface area (Å²) in [6.07, 6.45) is -3.54. The van der Waals surface area contributed by atoms with E-state index in [9.17, 15) is 26.4 Å². The van der Waals surface area contributed by atoms with Gasteiger partial charge in [0.2, 0.25) is 9.84 Å². The molecule has 0 radical (unpaired) electrons. The van der Waals surface area contributed by atoms with Gasteiger partial charge < -0.3 is 10.6 Å². The number of sulfone groups is 1. The van der Waals surface area contributed by atoms with E-state index in [-0.39, 0.29) is 24.3 Å². The molecule has 10 heteroatoms. The summed E-state index contributed by atoms with van der Waals surface area (Å²) in [5.41, 5.74) is -1.30. The van der Waals surface area contributed by atoms with Gasteiger partial charge in [0.25, 0.3) is 5.91 Å². The molecule has 1 aromatic heterocycles. The second-order valence-corrected chi connectivity index (χ2v) is 7.08. The van der Waals surface area contributed by atoms with E-state index >= 15 is 0 Å². The van der Waals surface area contributed by atoms with Crippen molar-refractivity contribution in [3.63, 3.8) is 0 Å². The fourth-order valence-electron chi connectivity index (χ4n) is 2.42. The summed E-state index contributed by atoms with van der Waals surface area (Å²) >= 11 is 0. The first-order chi connectivity index (χ1) is 11.7. The lowest BCUT2D eigenvalue weighted by Gasteiger charge is -2.18. The van der Waals surface area contributed by atoms with Gasteiger partial charge in [-0.1, -0.05) is 0 Å². The number of alkyl halides is 3. The van der Waals surface area contributed by atoms with Crippen LogP contribution in [0.25, 0.3) is 0 Å². The lowest BCUT2D eigenvalue weighted by molar-refractivity contribution is -0.137. The van der Waals surface area contributed by atoms with Crippen molar-refractivity contribution in [3.8, 4) is 0 Å². The average Bonchev–Trinajstić information content (AvgIpc) is 2.57. The van der Waals surface area contributed by atoms with Crippen LogP contribution >= 0.6 is 0 Å². The SMILES string of the molecule is O=C1NCCNc2ccc(C(F)(F)F)cc2S(=O)(=O)c2ncccc21. The second-order valence-electron chi connectivity index (χ2n) is 5.25. The minimum absolute atomic E-state index is 0.0146. The molecule has 2 aromatic rings. The maximum Gasteiger partial charge on any atom is 0.416 e. The van der Waals surface area contributed by atoms with Crippen molar-refractivity contribution in [3.05, 3.63) is 47.7 Å². The first-order valence-electron chi connectivity index (χ1n) is 7.14. The number of nitrogens with one attached hydrogen (secondary N) is 2. The Labute approximate surface area is 141 Å². The molecule has 3 rings (SSSR count). The molecule has 0 saturated carbocycles. The monoisotopic (exact) mass is 371 g/mol. The average molecular weight is 371 g/mol. The highest BCUT2D eigenvalue weighted by Crippen LogP contribution is 2.36. The van der Waals surface area contributed by atoms with E-state index in [1.54, 1.807) is 0 Å². The van der Waals surface area contributed by atoms with Gasteiger partial charge >= 0.3 is 6.18 Å². The molecule has 0 fully saturated rings. The van der Waals surface area contributed by atoms with Gasteiger partial charge in [-0.2, -0.15) is 13.2 Å². The van der Waals surface area contributed by atoms with Gasteiger partial charge in [0.05, 0.1) is 21.7 Å². The molecule has 0 saturated heterocycles. The third-order valence-electron chi connectivity index (χ3n) is 3.59. The number of hydrogen-bond donors (Lipinski definition) is 2. The van der Waals surface area contributed by atoms with Crippen molar-refractivity contribution in [2.24, 2.45) is 0 Å². The number of benzene rings is 1. The molecule has 1 aliphatic heterocycles. The van der Waals surface area contributed by atoms with Gasteiger partial charge in [-0.3, -0.25) is 4.79 Å². The minimum atomic E-state index is -4.70. The molecule has 0 unspecified atom stereocenters. The molecule has 25 heavy (non-hydrogen) atoms. The predicted molar refractivity (Wildman–Crippen MR) is 82.0 cm³/mol. The number of anilines is 1. The lowest BCUT2D eigenvalue weighted by atomic mass is 10.2. The summed E-state index contributed by atoms with van der Waals surface area (Å²) in [5.74, 6) is -0.663. The highest BCUT2D eigenvalue weighted by atomic mass is 32.2. The third-order valence-corrected chi connectivity index (χ3v) is 5.35.